The van der Waals surface area contributed by atoms with E-state index in [4.69, 9.17) is 10.5 Å². The van der Waals surface area contributed by atoms with E-state index < -0.39 is 4.92 Å². The van der Waals surface area contributed by atoms with E-state index in [0.29, 0.717) is 10.0 Å². The van der Waals surface area contributed by atoms with E-state index in [1.165, 1.54) is 6.07 Å². The summed E-state index contributed by atoms with van der Waals surface area (Å²) in [6.07, 6.45) is 1.55. The molecule has 1 aromatic heterocycles. The Balaban J connectivity index is 2.48. The predicted molar refractivity (Wildman–Crippen MR) is 77.7 cm³/mol. The van der Waals surface area contributed by atoms with Gasteiger partial charge in [-0.3, -0.25) is 10.1 Å². The van der Waals surface area contributed by atoms with E-state index in [1.807, 2.05) is 0 Å². The molecule has 0 spiro atoms. The van der Waals surface area contributed by atoms with Crippen molar-refractivity contribution in [3.05, 3.63) is 56.7 Å². The first-order chi connectivity index (χ1) is 9.50. The predicted octanol–water partition coefficient (Wildman–Crippen LogP) is 3.56. The molecule has 0 radical (unpaired) electrons. The zero-order valence-electron chi connectivity index (χ0n) is 10.6. The number of para-hydroxylation sites is 1. The molecule has 0 aliphatic rings. The fourth-order valence-corrected chi connectivity index (χ4v) is 2.11. The molecule has 0 amide bonds. The molecule has 0 bridgehead atoms. The molecule has 0 saturated heterocycles. The van der Waals surface area contributed by atoms with E-state index in [-0.39, 0.29) is 23.4 Å². The topological polar surface area (TPSA) is 91.3 Å². The Labute approximate surface area is 123 Å². The van der Waals surface area contributed by atoms with E-state index in [9.17, 15) is 10.1 Å². The van der Waals surface area contributed by atoms with E-state index >= 15 is 0 Å². The van der Waals surface area contributed by atoms with Crippen molar-refractivity contribution in [2.75, 3.05) is 0 Å². The number of nitro groups is 1. The summed E-state index contributed by atoms with van der Waals surface area (Å²) in [7, 11) is 0. The van der Waals surface area contributed by atoms with Gasteiger partial charge in [0.2, 0.25) is 11.6 Å². The zero-order valence-corrected chi connectivity index (χ0v) is 12.2. The number of halogens is 1. The highest BCUT2D eigenvalue weighted by Gasteiger charge is 2.21. The maximum Gasteiger partial charge on any atom is 0.312 e. The Morgan fingerprint density at radius 1 is 1.40 bits per heavy atom. The Hall–Kier alpha value is -1.99. The van der Waals surface area contributed by atoms with Gasteiger partial charge in [0, 0.05) is 23.9 Å². The Morgan fingerprint density at radius 3 is 2.80 bits per heavy atom. The van der Waals surface area contributed by atoms with Crippen molar-refractivity contribution in [3.63, 3.8) is 0 Å². The molecule has 1 atom stereocenters. The van der Waals surface area contributed by atoms with Crippen molar-refractivity contribution in [2.24, 2.45) is 5.73 Å². The van der Waals surface area contributed by atoms with Gasteiger partial charge >= 0.3 is 5.69 Å². The van der Waals surface area contributed by atoms with Gasteiger partial charge in [0.15, 0.2) is 0 Å². The largest absolute Gasteiger partial charge is 0.430 e. The van der Waals surface area contributed by atoms with Crippen molar-refractivity contribution >= 4 is 21.6 Å². The van der Waals surface area contributed by atoms with Gasteiger partial charge in [0.25, 0.3) is 0 Å². The normalized spacial score (nSPS) is 11.9. The molecule has 7 heteroatoms. The Bertz CT molecular complexity index is 647. The lowest BCUT2D eigenvalue weighted by atomic mass is 10.1. The first kappa shape index (κ1) is 14.4. The maximum absolute atomic E-state index is 11.0. The molecule has 2 aromatic rings. The van der Waals surface area contributed by atoms with Gasteiger partial charge in [-0.15, -0.1) is 0 Å². The fourth-order valence-electron chi connectivity index (χ4n) is 1.67. The van der Waals surface area contributed by atoms with Crippen LogP contribution >= 0.6 is 15.9 Å². The number of nitrogens with two attached hydrogens (primary N) is 1. The SMILES string of the molecule is C[C@@H](N)c1cccnc1Oc1c(Br)cccc1[N+](=O)[O-]. The minimum absolute atomic E-state index is 0.109. The first-order valence-corrected chi connectivity index (χ1v) is 6.61. The molecule has 20 heavy (non-hydrogen) atoms. The summed E-state index contributed by atoms with van der Waals surface area (Å²) < 4.78 is 6.09. The smallest absolute Gasteiger partial charge is 0.312 e. The molecule has 0 saturated carbocycles. The Morgan fingerprint density at radius 2 is 2.15 bits per heavy atom. The summed E-state index contributed by atoms with van der Waals surface area (Å²) in [6, 6.07) is 7.82. The minimum Gasteiger partial charge on any atom is -0.430 e. The summed E-state index contributed by atoms with van der Waals surface area (Å²) in [5, 5.41) is 11.0. The minimum atomic E-state index is -0.505. The molecular formula is C13H12BrN3O3. The van der Waals surface area contributed by atoms with Crippen LogP contribution < -0.4 is 10.5 Å². The quantitative estimate of drug-likeness (QED) is 0.680. The lowest BCUT2D eigenvalue weighted by Gasteiger charge is -2.13. The van der Waals surface area contributed by atoms with Crippen LogP contribution in [0.25, 0.3) is 0 Å². The van der Waals surface area contributed by atoms with Crippen molar-refractivity contribution in [2.45, 2.75) is 13.0 Å². The highest BCUT2D eigenvalue weighted by Crippen LogP contribution is 2.38. The third-order valence-electron chi connectivity index (χ3n) is 2.63. The number of nitrogens with zero attached hydrogens (tertiary/aromatic N) is 2. The van der Waals surface area contributed by atoms with Crippen LogP contribution in [0.3, 0.4) is 0 Å². The number of ether oxygens (including phenoxy) is 1. The standard InChI is InChI=1S/C13H12BrN3O3/c1-8(15)9-4-3-7-16-13(9)20-12-10(14)5-2-6-11(12)17(18)19/h2-8H,15H2,1H3/t8-/m1/s1. The fraction of sp³-hybridized carbons (Fsp3) is 0.154. The summed E-state index contributed by atoms with van der Waals surface area (Å²) in [5.41, 5.74) is 6.38. The van der Waals surface area contributed by atoms with E-state index in [2.05, 4.69) is 20.9 Å². The van der Waals surface area contributed by atoms with Crippen LogP contribution in [0.1, 0.15) is 18.5 Å². The van der Waals surface area contributed by atoms with Crippen LogP contribution in [0.5, 0.6) is 11.6 Å². The maximum atomic E-state index is 11.0. The zero-order chi connectivity index (χ0) is 14.7. The molecule has 1 aromatic carbocycles. The molecule has 2 N–H and O–H groups in total. The number of hydrogen-bond donors (Lipinski definition) is 1. The second-order valence-electron chi connectivity index (χ2n) is 4.13. The average Bonchev–Trinajstić information content (AvgIpc) is 2.41. The van der Waals surface area contributed by atoms with Gasteiger partial charge in [0.05, 0.1) is 9.40 Å². The van der Waals surface area contributed by atoms with E-state index in [1.54, 1.807) is 37.4 Å². The number of nitro benzene ring substituents is 1. The third-order valence-corrected chi connectivity index (χ3v) is 3.26. The van der Waals surface area contributed by atoms with Gasteiger partial charge in [-0.1, -0.05) is 12.1 Å². The molecule has 104 valence electrons. The van der Waals surface area contributed by atoms with Gasteiger partial charge in [-0.2, -0.15) is 0 Å². The molecule has 0 fully saturated rings. The molecular weight excluding hydrogens is 326 g/mol. The number of hydrogen-bond acceptors (Lipinski definition) is 5. The molecule has 0 unspecified atom stereocenters. The summed E-state index contributed by atoms with van der Waals surface area (Å²) in [6.45, 7) is 1.79. The third kappa shape index (κ3) is 2.94. The highest BCUT2D eigenvalue weighted by atomic mass is 79.9. The number of aromatic nitrogens is 1. The van der Waals surface area contributed by atoms with E-state index in [0.717, 1.165) is 0 Å². The second-order valence-corrected chi connectivity index (χ2v) is 4.99. The van der Waals surface area contributed by atoms with Crippen LogP contribution in [0, 0.1) is 10.1 Å². The molecule has 0 aliphatic carbocycles. The van der Waals surface area contributed by atoms with Crippen LogP contribution in [-0.4, -0.2) is 9.91 Å². The van der Waals surface area contributed by atoms with Crippen molar-refractivity contribution < 1.29 is 9.66 Å². The number of pyridine rings is 1. The number of rotatable bonds is 4. The van der Waals surface area contributed by atoms with Gasteiger partial charge in [0.1, 0.15) is 0 Å². The van der Waals surface area contributed by atoms with Gasteiger partial charge < -0.3 is 10.5 Å². The molecule has 6 nitrogen and oxygen atoms in total. The molecule has 1 heterocycles. The average molecular weight is 338 g/mol. The van der Waals surface area contributed by atoms with Crippen LogP contribution in [-0.2, 0) is 0 Å². The van der Waals surface area contributed by atoms with Crippen LogP contribution in [0.4, 0.5) is 5.69 Å². The number of benzene rings is 1. The van der Waals surface area contributed by atoms with Crippen LogP contribution in [0.15, 0.2) is 41.0 Å². The summed E-state index contributed by atoms with van der Waals surface area (Å²) >= 11 is 3.25. The van der Waals surface area contributed by atoms with Crippen LogP contribution in [0.2, 0.25) is 0 Å². The Kier molecular flexibility index (Phi) is 4.31. The van der Waals surface area contributed by atoms with Crippen molar-refractivity contribution in [3.8, 4) is 11.6 Å². The monoisotopic (exact) mass is 337 g/mol. The molecule has 2 rings (SSSR count). The first-order valence-electron chi connectivity index (χ1n) is 5.82. The summed E-state index contributed by atoms with van der Waals surface area (Å²) in [5.74, 6) is 0.371. The highest BCUT2D eigenvalue weighted by molar-refractivity contribution is 9.10. The lowest BCUT2D eigenvalue weighted by molar-refractivity contribution is -0.385. The van der Waals surface area contributed by atoms with Gasteiger partial charge in [-0.05, 0) is 35.0 Å². The summed E-state index contributed by atoms with van der Waals surface area (Å²) in [4.78, 5) is 14.6. The lowest BCUT2D eigenvalue weighted by Crippen LogP contribution is -2.08. The second kappa shape index (κ2) is 5.98. The van der Waals surface area contributed by atoms with Crippen molar-refractivity contribution in [1.29, 1.82) is 0 Å². The van der Waals surface area contributed by atoms with Gasteiger partial charge in [-0.25, -0.2) is 4.98 Å². The molecule has 0 aliphatic heterocycles. The van der Waals surface area contributed by atoms with Crippen molar-refractivity contribution in [1.82, 2.24) is 4.98 Å².